The molecule has 0 saturated carbocycles. The zero-order valence-electron chi connectivity index (χ0n) is 14.4. The Morgan fingerprint density at radius 3 is 2.32 bits per heavy atom. The van der Waals surface area contributed by atoms with Crippen molar-refractivity contribution in [3.63, 3.8) is 0 Å². The van der Waals surface area contributed by atoms with E-state index >= 15 is 0 Å². The fourth-order valence-electron chi connectivity index (χ4n) is 2.25. The summed E-state index contributed by atoms with van der Waals surface area (Å²) in [6.07, 6.45) is 2.41. The van der Waals surface area contributed by atoms with Crippen LogP contribution in [0.4, 0.5) is 0 Å². The molecule has 128 valence electrons. The summed E-state index contributed by atoms with van der Waals surface area (Å²) in [6.45, 7) is 6.32. The van der Waals surface area contributed by atoms with Crippen LogP contribution in [-0.4, -0.2) is 45.1 Å². The highest BCUT2D eigenvalue weighted by molar-refractivity contribution is 14.0. The van der Waals surface area contributed by atoms with Crippen LogP contribution in [0.25, 0.3) is 0 Å². The van der Waals surface area contributed by atoms with Gasteiger partial charge < -0.3 is 15.5 Å². The minimum Gasteiger partial charge on any atom is -0.356 e. The van der Waals surface area contributed by atoms with E-state index in [4.69, 9.17) is 0 Å². The van der Waals surface area contributed by atoms with Crippen molar-refractivity contribution >= 4 is 41.3 Å². The number of nitrogens with one attached hydrogen (secondary N) is 2. The minimum absolute atomic E-state index is 0. The molecule has 0 aliphatic rings. The Bertz CT molecular complexity index is 402. The molecule has 6 heteroatoms. The van der Waals surface area contributed by atoms with Crippen molar-refractivity contribution in [1.82, 2.24) is 15.5 Å². The SMILES string of the molecule is CCC(CC)CNC(=NC)NCC(c1cccs1)N(C)C.I. The molecule has 1 heterocycles. The van der Waals surface area contributed by atoms with Gasteiger partial charge in [0.05, 0.1) is 6.04 Å². The summed E-state index contributed by atoms with van der Waals surface area (Å²) in [6, 6.07) is 4.67. The van der Waals surface area contributed by atoms with E-state index in [-0.39, 0.29) is 24.0 Å². The maximum atomic E-state index is 4.32. The van der Waals surface area contributed by atoms with Gasteiger partial charge in [0.15, 0.2) is 5.96 Å². The molecule has 0 bridgehead atoms. The Hall–Kier alpha value is -0.340. The molecule has 1 atom stereocenters. The average molecular weight is 438 g/mol. The smallest absolute Gasteiger partial charge is 0.191 e. The molecule has 2 N–H and O–H groups in total. The third-order valence-electron chi connectivity index (χ3n) is 3.89. The van der Waals surface area contributed by atoms with Crippen molar-refractivity contribution in [2.24, 2.45) is 10.9 Å². The Balaban J connectivity index is 0.00000441. The van der Waals surface area contributed by atoms with Gasteiger partial charge >= 0.3 is 0 Å². The average Bonchev–Trinajstić information content (AvgIpc) is 2.99. The molecular weight excluding hydrogens is 407 g/mol. The lowest BCUT2D eigenvalue weighted by molar-refractivity contribution is 0.302. The molecule has 0 fully saturated rings. The van der Waals surface area contributed by atoms with E-state index in [9.17, 15) is 0 Å². The molecular formula is C16H31IN4S. The number of aliphatic imine (C=N–C) groups is 1. The molecule has 1 rings (SSSR count). The van der Waals surface area contributed by atoms with Crippen LogP contribution in [0.3, 0.4) is 0 Å². The van der Waals surface area contributed by atoms with E-state index in [1.54, 1.807) is 11.3 Å². The molecule has 4 nitrogen and oxygen atoms in total. The number of halogens is 1. The number of guanidine groups is 1. The van der Waals surface area contributed by atoms with Gasteiger partial charge in [-0.2, -0.15) is 0 Å². The van der Waals surface area contributed by atoms with Gasteiger partial charge in [0.25, 0.3) is 0 Å². The van der Waals surface area contributed by atoms with E-state index in [1.165, 1.54) is 17.7 Å². The largest absolute Gasteiger partial charge is 0.356 e. The fourth-order valence-corrected chi connectivity index (χ4v) is 3.17. The van der Waals surface area contributed by atoms with Gasteiger partial charge in [-0.3, -0.25) is 4.99 Å². The van der Waals surface area contributed by atoms with Crippen molar-refractivity contribution in [3.05, 3.63) is 22.4 Å². The van der Waals surface area contributed by atoms with E-state index in [2.05, 4.69) is 66.0 Å². The topological polar surface area (TPSA) is 39.7 Å². The van der Waals surface area contributed by atoms with Crippen molar-refractivity contribution in [1.29, 1.82) is 0 Å². The number of thiophene rings is 1. The highest BCUT2D eigenvalue weighted by atomic mass is 127. The number of hydrogen-bond donors (Lipinski definition) is 2. The fraction of sp³-hybridized carbons (Fsp3) is 0.688. The number of nitrogens with zero attached hydrogens (tertiary/aromatic N) is 2. The summed E-state index contributed by atoms with van der Waals surface area (Å²) >= 11 is 1.80. The quantitative estimate of drug-likeness (QED) is 0.370. The molecule has 0 amide bonds. The summed E-state index contributed by atoms with van der Waals surface area (Å²) in [4.78, 5) is 7.94. The van der Waals surface area contributed by atoms with Crippen LogP contribution in [0.1, 0.15) is 37.6 Å². The van der Waals surface area contributed by atoms with Gasteiger partial charge in [-0.05, 0) is 31.5 Å². The normalized spacial score (nSPS) is 13.1. The standard InChI is InChI=1S/C16H30N4S.HI/c1-6-13(7-2)11-18-16(17-3)19-12-14(20(4)5)15-9-8-10-21-15;/h8-10,13-14H,6-7,11-12H2,1-5H3,(H2,17,18,19);1H. The van der Waals surface area contributed by atoms with Crippen molar-refractivity contribution in [2.75, 3.05) is 34.2 Å². The number of rotatable bonds is 8. The summed E-state index contributed by atoms with van der Waals surface area (Å²) < 4.78 is 0. The van der Waals surface area contributed by atoms with Gasteiger partial charge in [0.1, 0.15) is 0 Å². The third kappa shape index (κ3) is 7.28. The lowest BCUT2D eigenvalue weighted by Gasteiger charge is -2.25. The van der Waals surface area contributed by atoms with Crippen LogP contribution >= 0.6 is 35.3 Å². The van der Waals surface area contributed by atoms with Gasteiger partial charge in [-0.1, -0.05) is 32.8 Å². The van der Waals surface area contributed by atoms with E-state index in [1.807, 2.05) is 7.05 Å². The summed E-state index contributed by atoms with van der Waals surface area (Å²) in [7, 11) is 6.07. The first-order valence-corrected chi connectivity index (χ1v) is 8.64. The van der Waals surface area contributed by atoms with E-state index < -0.39 is 0 Å². The first-order chi connectivity index (χ1) is 10.1. The molecule has 1 unspecified atom stereocenters. The maximum Gasteiger partial charge on any atom is 0.191 e. The molecule has 0 spiro atoms. The second-order valence-corrected chi connectivity index (χ2v) is 6.49. The van der Waals surface area contributed by atoms with Crippen molar-refractivity contribution < 1.29 is 0 Å². The minimum atomic E-state index is 0. The first kappa shape index (κ1) is 21.7. The highest BCUT2D eigenvalue weighted by Crippen LogP contribution is 2.22. The molecule has 1 aromatic rings. The molecule has 0 aromatic carbocycles. The van der Waals surface area contributed by atoms with Gasteiger partial charge in [-0.25, -0.2) is 0 Å². The van der Waals surface area contributed by atoms with E-state index in [0.717, 1.165) is 19.0 Å². The predicted octanol–water partition coefficient (Wildman–Crippen LogP) is 3.57. The zero-order chi connectivity index (χ0) is 15.7. The van der Waals surface area contributed by atoms with Crippen LogP contribution in [0.5, 0.6) is 0 Å². The summed E-state index contributed by atoms with van der Waals surface area (Å²) in [5.74, 6) is 1.61. The first-order valence-electron chi connectivity index (χ1n) is 7.76. The second-order valence-electron chi connectivity index (χ2n) is 5.51. The van der Waals surface area contributed by atoms with Crippen molar-refractivity contribution in [3.8, 4) is 0 Å². The summed E-state index contributed by atoms with van der Waals surface area (Å²) in [5.41, 5.74) is 0. The molecule has 0 saturated heterocycles. The number of likely N-dealkylation sites (N-methyl/N-ethyl adjacent to an activating group) is 1. The Labute approximate surface area is 156 Å². The molecule has 1 aromatic heterocycles. The Morgan fingerprint density at radius 1 is 1.23 bits per heavy atom. The molecule has 22 heavy (non-hydrogen) atoms. The highest BCUT2D eigenvalue weighted by Gasteiger charge is 2.15. The monoisotopic (exact) mass is 438 g/mol. The second kappa shape index (κ2) is 12.1. The zero-order valence-corrected chi connectivity index (χ0v) is 17.6. The molecule has 0 aliphatic carbocycles. The summed E-state index contributed by atoms with van der Waals surface area (Å²) in [5, 5.41) is 9.01. The number of hydrogen-bond acceptors (Lipinski definition) is 3. The maximum absolute atomic E-state index is 4.32. The van der Waals surface area contributed by atoms with Crippen LogP contribution in [0.2, 0.25) is 0 Å². The van der Waals surface area contributed by atoms with Crippen LogP contribution < -0.4 is 10.6 Å². The Kier molecular flexibility index (Phi) is 11.9. The van der Waals surface area contributed by atoms with Crippen LogP contribution in [-0.2, 0) is 0 Å². The van der Waals surface area contributed by atoms with Crippen LogP contribution in [0.15, 0.2) is 22.5 Å². The molecule has 0 aliphatic heterocycles. The van der Waals surface area contributed by atoms with Crippen LogP contribution in [0, 0.1) is 5.92 Å². The third-order valence-corrected chi connectivity index (χ3v) is 4.87. The lowest BCUT2D eigenvalue weighted by atomic mass is 10.0. The predicted molar refractivity (Wildman–Crippen MR) is 110 cm³/mol. The Morgan fingerprint density at radius 2 is 1.86 bits per heavy atom. The van der Waals surface area contributed by atoms with Gasteiger partial charge in [-0.15, -0.1) is 35.3 Å². The van der Waals surface area contributed by atoms with E-state index in [0.29, 0.717) is 12.0 Å². The van der Waals surface area contributed by atoms with Gasteiger partial charge in [0.2, 0.25) is 0 Å². The lowest BCUT2D eigenvalue weighted by Crippen LogP contribution is -2.43. The van der Waals surface area contributed by atoms with Crippen molar-refractivity contribution in [2.45, 2.75) is 32.7 Å². The molecule has 0 radical (unpaired) electrons. The van der Waals surface area contributed by atoms with Gasteiger partial charge in [0, 0.05) is 25.0 Å².